The highest BCUT2D eigenvalue weighted by Gasteiger charge is 2.42. The summed E-state index contributed by atoms with van der Waals surface area (Å²) in [7, 11) is 1.63. The number of methoxy groups -OCH3 is 1. The van der Waals surface area contributed by atoms with E-state index in [1.54, 1.807) is 61.7 Å². The standard InChI is InChI=1S/C25H22N2O2.3C24H18Cl2N2O.C22H18N2OS/c1-29-19-13-11-18(12-14-19)25(28)27-16-15-21-20-9-5-6-10-22(20)26-23(21)24(27)17-7-3-2-4-8-17;25-17-12-16(13-18(26)14-17)24(29)28-11-10-20-19-8-4-5-9-21(19)27-22(20)23(28)15-6-2-1-3-7-15;25-16-10-11-19(20(26)14-16)24(29)28-13-12-18-17-8-4-5-9-21(17)27-22(18)23(28)15-6-2-1-3-7-15;25-19-11-10-16(14-20(19)26)24(29)28-13-12-18-17-8-4-5-9-21(17)27-22(18)23(28)15-6-2-1-3-7-15;25-22(19-11-6-14-26-19)24-13-12-17-16-9-4-5-10-18(16)23-20(17)21(24)15-7-2-1-3-8-15/h2-14,24,26H,15-16H2,1H3;1-9,12-14,23,27H,10-11H2;2*1-11,14,23,27H,12-13H2;1-11,14,21,23H,12-13H2. The number of benzene rings is 14. The van der Waals surface area contributed by atoms with Crippen LogP contribution in [0.25, 0.3) is 54.5 Å². The van der Waals surface area contributed by atoms with Crippen molar-refractivity contribution < 1.29 is 28.7 Å². The Kier molecular flexibility index (Phi) is 27.2. The molecule has 5 aliphatic heterocycles. The van der Waals surface area contributed by atoms with Gasteiger partial charge in [0, 0.05) is 147 Å². The van der Waals surface area contributed by atoms with Gasteiger partial charge in [-0.15, -0.1) is 11.3 Å². The Morgan fingerprint density at radius 1 is 0.268 bits per heavy atom. The lowest BCUT2D eigenvalue weighted by Gasteiger charge is -2.36. The Labute approximate surface area is 855 Å². The lowest BCUT2D eigenvalue weighted by molar-refractivity contribution is 0.0685. The van der Waals surface area contributed by atoms with E-state index in [1.165, 1.54) is 66.1 Å². The van der Waals surface area contributed by atoms with E-state index in [1.807, 2.05) is 182 Å². The normalized spacial score (nSPS) is 16.1. The number of aromatic amines is 5. The number of hydrogen-bond donors (Lipinski definition) is 5. The minimum absolute atomic E-state index is 0.0332. The molecule has 5 atom stereocenters. The van der Waals surface area contributed by atoms with E-state index in [4.69, 9.17) is 74.3 Å². The zero-order valence-corrected chi connectivity index (χ0v) is 82.4. The Balaban J connectivity index is 0.000000105. The van der Waals surface area contributed by atoms with Crippen molar-refractivity contribution in [3.63, 3.8) is 0 Å². The number of hydrogen-bond acceptors (Lipinski definition) is 7. The van der Waals surface area contributed by atoms with Gasteiger partial charge in [-0.1, -0.05) is 318 Å². The summed E-state index contributed by atoms with van der Waals surface area (Å²) in [6.07, 6.45) is 4.10. The maximum atomic E-state index is 13.5. The number of para-hydroxylation sites is 5. The summed E-state index contributed by atoms with van der Waals surface area (Å²) in [5.74, 6) is 0.667. The number of fused-ring (bicyclic) bond motifs is 15. The van der Waals surface area contributed by atoms with Gasteiger partial charge >= 0.3 is 0 Å². The number of nitrogens with zero attached hydrogens (tertiary/aromatic N) is 5. The van der Waals surface area contributed by atoms with Gasteiger partial charge in [-0.05, 0) is 208 Å². The molecule has 0 spiro atoms. The Hall–Kier alpha value is -14.6. The van der Waals surface area contributed by atoms with Crippen molar-refractivity contribution in [2.75, 3.05) is 39.8 Å². The van der Waals surface area contributed by atoms with Gasteiger partial charge in [0.25, 0.3) is 29.5 Å². The molecule has 704 valence electrons. The highest BCUT2D eigenvalue weighted by atomic mass is 35.5. The second-order valence-corrected chi connectivity index (χ2v) is 39.2. The maximum absolute atomic E-state index is 13.5. The molecular formula is C119H94Cl6N10O6S. The minimum atomic E-state index is -0.202. The van der Waals surface area contributed by atoms with Crippen LogP contribution in [-0.4, -0.2) is 119 Å². The van der Waals surface area contributed by atoms with E-state index >= 15 is 0 Å². The van der Waals surface area contributed by atoms with Gasteiger partial charge in [-0.3, -0.25) is 24.0 Å². The van der Waals surface area contributed by atoms with Crippen LogP contribution < -0.4 is 4.74 Å². The highest BCUT2D eigenvalue weighted by molar-refractivity contribution is 7.12. The molecule has 0 bridgehead atoms. The average Bonchev–Trinajstić information content (AvgIpc) is 1.62. The molecule has 0 aliphatic carbocycles. The molecule has 16 nitrogen and oxygen atoms in total. The molecular weight excluding hydrogens is 1910 g/mol. The quantitative estimate of drug-likeness (QED) is 0.0856. The second kappa shape index (κ2) is 41.3. The number of thiophene rings is 1. The molecule has 0 radical (unpaired) electrons. The summed E-state index contributed by atoms with van der Waals surface area (Å²) < 4.78 is 5.24. The van der Waals surface area contributed by atoms with Crippen LogP contribution in [-0.2, 0) is 32.1 Å². The third-order valence-corrected chi connectivity index (χ3v) is 30.1. The highest BCUT2D eigenvalue weighted by Crippen LogP contribution is 2.47. The first-order valence-corrected chi connectivity index (χ1v) is 50.4. The Morgan fingerprint density at radius 3 is 0.887 bits per heavy atom. The van der Waals surface area contributed by atoms with Crippen LogP contribution in [0.4, 0.5) is 0 Å². The topological polar surface area (TPSA) is 190 Å². The molecule has 5 unspecified atom stereocenters. The van der Waals surface area contributed by atoms with E-state index in [2.05, 4.69) is 183 Å². The molecule has 0 saturated heterocycles. The van der Waals surface area contributed by atoms with Gasteiger partial charge in [0.15, 0.2) is 0 Å². The van der Waals surface area contributed by atoms with Crippen LogP contribution in [0, 0.1) is 0 Å². The second-order valence-electron chi connectivity index (χ2n) is 35.7. The van der Waals surface area contributed by atoms with E-state index < -0.39 is 0 Å². The monoisotopic (exact) mass is 2000 g/mol. The number of ether oxygens (including phenoxy) is 1. The van der Waals surface area contributed by atoms with Gasteiger partial charge in [-0.25, -0.2) is 0 Å². The number of carbonyl (C=O) groups excluding carboxylic acids is 5. The van der Waals surface area contributed by atoms with Crippen LogP contribution in [0.15, 0.2) is 369 Å². The molecule has 20 aromatic rings. The maximum Gasteiger partial charge on any atom is 0.264 e. The summed E-state index contributed by atoms with van der Waals surface area (Å²) in [6, 6.07) is 118. The zero-order valence-electron chi connectivity index (χ0n) is 77.0. The van der Waals surface area contributed by atoms with Crippen LogP contribution in [0.1, 0.15) is 165 Å². The number of rotatable bonds is 11. The first-order chi connectivity index (χ1) is 69.5. The molecule has 23 heteroatoms. The van der Waals surface area contributed by atoms with Crippen LogP contribution >= 0.6 is 80.9 Å². The largest absolute Gasteiger partial charge is 0.497 e. The van der Waals surface area contributed by atoms with Crippen molar-refractivity contribution in [2.45, 2.75) is 62.3 Å². The molecule has 6 aromatic heterocycles. The molecule has 5 N–H and O–H groups in total. The summed E-state index contributed by atoms with van der Waals surface area (Å²) in [6.45, 7) is 3.28. The van der Waals surface area contributed by atoms with Crippen molar-refractivity contribution in [3.8, 4) is 5.75 Å². The first-order valence-electron chi connectivity index (χ1n) is 47.3. The van der Waals surface area contributed by atoms with Crippen LogP contribution in [0.3, 0.4) is 0 Å². The van der Waals surface area contributed by atoms with Gasteiger partial charge in [0.2, 0.25) is 0 Å². The van der Waals surface area contributed by atoms with E-state index in [-0.39, 0.29) is 59.7 Å². The molecule has 142 heavy (non-hydrogen) atoms. The predicted octanol–water partition coefficient (Wildman–Crippen LogP) is 28.8. The smallest absolute Gasteiger partial charge is 0.264 e. The van der Waals surface area contributed by atoms with E-state index in [0.29, 0.717) is 78.6 Å². The van der Waals surface area contributed by atoms with Crippen molar-refractivity contribution in [1.29, 1.82) is 0 Å². The first kappa shape index (κ1) is 93.7. The lowest BCUT2D eigenvalue weighted by Crippen LogP contribution is -2.40. The van der Waals surface area contributed by atoms with Gasteiger partial charge in [0.1, 0.15) is 5.75 Å². The molecule has 0 saturated carbocycles. The van der Waals surface area contributed by atoms with Crippen molar-refractivity contribution in [1.82, 2.24) is 49.4 Å². The predicted molar refractivity (Wildman–Crippen MR) is 573 cm³/mol. The summed E-state index contributed by atoms with van der Waals surface area (Å²) in [4.78, 5) is 95.7. The third kappa shape index (κ3) is 18.7. The van der Waals surface area contributed by atoms with Gasteiger partial charge in [-0.2, -0.15) is 0 Å². The van der Waals surface area contributed by atoms with Gasteiger partial charge < -0.3 is 54.2 Å². The SMILES string of the molecule is COc1ccc(C(=O)N2CCc3c([nH]c4ccccc34)C2c2ccccc2)cc1.O=C(c1cc(Cl)cc(Cl)c1)N1CCc2c([nH]c3ccccc23)C1c1ccccc1.O=C(c1ccc(Cl)c(Cl)c1)N1CCc2c([nH]c3ccccc23)C1c1ccccc1.O=C(c1ccc(Cl)cc1Cl)N1CCc2c([nH]c3ccccc23)C1c1ccccc1.O=C(c1cccs1)N1CCc2c([nH]c3ccccc23)C1c1ccccc1. The van der Waals surface area contributed by atoms with E-state index in [0.717, 1.165) is 133 Å². The summed E-state index contributed by atoms with van der Waals surface area (Å²) in [5, 5.41) is 10.8. The number of aromatic nitrogens is 5. The Morgan fingerprint density at radius 2 is 0.570 bits per heavy atom. The van der Waals surface area contributed by atoms with Crippen LogP contribution in [0.5, 0.6) is 5.75 Å². The number of amides is 5. The number of halogens is 6. The van der Waals surface area contributed by atoms with Crippen LogP contribution in [0.2, 0.25) is 30.1 Å². The van der Waals surface area contributed by atoms with Gasteiger partial charge in [0.05, 0.1) is 62.8 Å². The number of nitrogens with one attached hydrogen (secondary N) is 5. The molecule has 5 aliphatic rings. The fourth-order valence-electron chi connectivity index (χ4n) is 21.1. The molecule has 25 rings (SSSR count). The molecule has 11 heterocycles. The lowest BCUT2D eigenvalue weighted by atomic mass is 9.91. The number of H-pyrrole nitrogens is 5. The van der Waals surface area contributed by atoms with E-state index in [9.17, 15) is 24.0 Å². The molecule has 0 fully saturated rings. The van der Waals surface area contributed by atoms with Crippen molar-refractivity contribution in [2.24, 2.45) is 0 Å². The minimum Gasteiger partial charge on any atom is -0.497 e. The van der Waals surface area contributed by atoms with Crippen molar-refractivity contribution >= 4 is 165 Å². The Bertz CT molecular complexity index is 8050. The summed E-state index contributed by atoms with van der Waals surface area (Å²) >= 11 is 38.4. The summed E-state index contributed by atoms with van der Waals surface area (Å²) in [5.41, 5.74) is 25.2. The third-order valence-electron chi connectivity index (χ3n) is 27.6. The fraction of sp³-hybridized carbons (Fsp3) is 0.134. The average molecular weight is 2000 g/mol. The molecule has 5 amide bonds. The number of carbonyl (C=O) groups is 5. The molecule has 14 aromatic carbocycles. The zero-order chi connectivity index (χ0) is 97.2. The fourth-order valence-corrected chi connectivity index (χ4v) is 23.1. The van der Waals surface area contributed by atoms with Crippen molar-refractivity contribution in [3.05, 3.63) is 511 Å².